The normalized spacial score (nSPS) is 43.4. The molecule has 0 amide bonds. The van der Waals surface area contributed by atoms with Crippen molar-refractivity contribution in [2.75, 3.05) is 0 Å². The fraction of sp³-hybridized carbons (Fsp3) is 1.00. The fourth-order valence-corrected chi connectivity index (χ4v) is 4.00. The molecule has 2 saturated carbocycles. The predicted molar refractivity (Wildman–Crippen MR) is 56.1 cm³/mol. The lowest BCUT2D eigenvalue weighted by molar-refractivity contribution is -0.689. The molecule has 0 aromatic heterocycles. The first-order chi connectivity index (χ1) is 7.67. The zero-order valence-electron chi connectivity index (χ0n) is 9.71. The number of rotatable bonds is 0. The summed E-state index contributed by atoms with van der Waals surface area (Å²) in [5, 5.41) is 0. The van der Waals surface area contributed by atoms with Gasteiger partial charge in [0.2, 0.25) is 11.6 Å². The van der Waals surface area contributed by atoms with Crippen molar-refractivity contribution in [2.24, 2.45) is 11.8 Å². The van der Waals surface area contributed by atoms with Crippen LogP contribution >= 0.6 is 0 Å². The molecular formula is C10H16BF4NO. The van der Waals surface area contributed by atoms with Gasteiger partial charge in [-0.1, -0.05) is 0 Å². The summed E-state index contributed by atoms with van der Waals surface area (Å²) in [4.78, 5) is 11.8. The van der Waals surface area contributed by atoms with E-state index in [0.717, 1.165) is 11.8 Å². The van der Waals surface area contributed by atoms with Gasteiger partial charge in [-0.3, -0.25) is 0 Å². The maximum atomic E-state index is 11.8. The van der Waals surface area contributed by atoms with Crippen molar-refractivity contribution in [3.8, 4) is 0 Å². The Balaban J connectivity index is 0.000000188. The molecule has 2 saturated heterocycles. The molecule has 2 unspecified atom stereocenters. The van der Waals surface area contributed by atoms with E-state index in [9.17, 15) is 22.2 Å². The molecular weight excluding hydrogens is 237 g/mol. The Morgan fingerprint density at radius 2 is 1.47 bits per heavy atom. The third kappa shape index (κ3) is 2.80. The Bertz CT molecular complexity index is 313. The summed E-state index contributed by atoms with van der Waals surface area (Å²) in [6.07, 6.45) is 6.14. The summed E-state index contributed by atoms with van der Waals surface area (Å²) in [6.45, 7) is 2.17. The van der Waals surface area contributed by atoms with Crippen LogP contribution in [0.15, 0.2) is 0 Å². The van der Waals surface area contributed by atoms with Crippen molar-refractivity contribution < 1.29 is 22.0 Å². The third-order valence-electron chi connectivity index (χ3n) is 4.20. The van der Waals surface area contributed by atoms with Gasteiger partial charge in [0.05, 0.1) is 0 Å². The quantitative estimate of drug-likeness (QED) is 0.368. The first-order valence-electron chi connectivity index (χ1n) is 6.01. The van der Waals surface area contributed by atoms with Crippen molar-refractivity contribution in [3.63, 3.8) is 0 Å². The summed E-state index contributed by atoms with van der Waals surface area (Å²) >= 11 is 0. The molecule has 0 aromatic rings. The van der Waals surface area contributed by atoms with E-state index in [0.29, 0.717) is 6.04 Å². The topological polar surface area (TPSA) is 20.1 Å². The lowest BCUT2D eigenvalue weighted by atomic mass is 9.59. The first kappa shape index (κ1) is 12.8. The molecule has 2 aliphatic carbocycles. The van der Waals surface area contributed by atoms with Crippen LogP contribution in [0.4, 0.5) is 17.3 Å². The molecule has 0 N–H and O–H groups in total. The largest absolute Gasteiger partial charge is 0.673 e. The number of nitrogens with zero attached hydrogens (tertiary/aromatic N) is 1. The Labute approximate surface area is 97.4 Å². The van der Waals surface area contributed by atoms with E-state index in [2.05, 4.69) is 6.92 Å². The summed E-state index contributed by atoms with van der Waals surface area (Å²) in [7, 11) is -6.00. The third-order valence-corrected chi connectivity index (χ3v) is 4.20. The molecule has 4 aliphatic rings. The molecule has 17 heavy (non-hydrogen) atoms. The predicted octanol–water partition coefficient (Wildman–Crippen LogP) is 3.42. The number of hydrogen-bond donors (Lipinski definition) is 0. The van der Waals surface area contributed by atoms with E-state index in [1.165, 1.54) is 36.9 Å². The fourth-order valence-electron chi connectivity index (χ4n) is 4.00. The van der Waals surface area contributed by atoms with Gasteiger partial charge in [0.1, 0.15) is 0 Å². The minimum absolute atomic E-state index is 0.0365. The van der Waals surface area contributed by atoms with Crippen molar-refractivity contribution in [1.29, 1.82) is 0 Å². The van der Waals surface area contributed by atoms with Crippen LogP contribution in [-0.2, 0) is 0 Å². The average Bonchev–Trinajstić information content (AvgIpc) is 2.09. The summed E-state index contributed by atoms with van der Waals surface area (Å²) in [5.74, 6) is 1.77. The SMILES string of the molecule is CC12C[C@@H]3CC(C[C@@H](C3)C1)[N+]2=O.F[B-](F)(F)F. The summed E-state index contributed by atoms with van der Waals surface area (Å²) in [5.41, 5.74) is 0.0365. The monoisotopic (exact) mass is 253 g/mol. The number of hydrogen-bond acceptors (Lipinski definition) is 1. The van der Waals surface area contributed by atoms with Gasteiger partial charge in [-0.05, 0) is 18.3 Å². The highest BCUT2D eigenvalue weighted by molar-refractivity contribution is 6.50. The van der Waals surface area contributed by atoms with Crippen LogP contribution in [-0.4, -0.2) is 23.6 Å². The van der Waals surface area contributed by atoms with Crippen molar-refractivity contribution in [2.45, 2.75) is 50.6 Å². The van der Waals surface area contributed by atoms with Gasteiger partial charge in [0.25, 0.3) is 0 Å². The van der Waals surface area contributed by atoms with Crippen molar-refractivity contribution >= 4 is 7.25 Å². The molecule has 2 heterocycles. The second kappa shape index (κ2) is 3.95. The molecule has 98 valence electrons. The Kier molecular flexibility index (Phi) is 2.98. The molecule has 2 nitrogen and oxygen atoms in total. The second-order valence-corrected chi connectivity index (χ2v) is 5.82. The van der Waals surface area contributed by atoms with Crippen LogP contribution in [0, 0.1) is 16.7 Å². The molecule has 2 aliphatic heterocycles. The maximum Gasteiger partial charge on any atom is 0.673 e. The maximum absolute atomic E-state index is 11.8. The average molecular weight is 253 g/mol. The Morgan fingerprint density at radius 1 is 1.06 bits per heavy atom. The Hall–Kier alpha value is -0.615. The van der Waals surface area contributed by atoms with Gasteiger partial charge in [-0.2, -0.15) is 0 Å². The van der Waals surface area contributed by atoms with Crippen LogP contribution in [0.5, 0.6) is 0 Å². The molecule has 7 heteroatoms. The zero-order chi connectivity index (χ0) is 12.8. The molecule has 0 radical (unpaired) electrons. The van der Waals surface area contributed by atoms with Crippen LogP contribution in [0.3, 0.4) is 0 Å². The first-order valence-corrected chi connectivity index (χ1v) is 6.01. The summed E-state index contributed by atoms with van der Waals surface area (Å²) < 4.78 is 40.4. The minimum atomic E-state index is -6.00. The van der Waals surface area contributed by atoms with Gasteiger partial charge in [0.15, 0.2) is 0 Å². The molecule has 0 aromatic carbocycles. The van der Waals surface area contributed by atoms with E-state index in [1.54, 1.807) is 0 Å². The Morgan fingerprint density at radius 3 is 1.82 bits per heavy atom. The number of halogens is 4. The van der Waals surface area contributed by atoms with Gasteiger partial charge in [0, 0.05) is 42.3 Å². The molecule has 4 rings (SSSR count). The smallest absolute Gasteiger partial charge is 0.418 e. The number of piperidine rings is 2. The van der Waals surface area contributed by atoms with Crippen LogP contribution < -0.4 is 0 Å². The van der Waals surface area contributed by atoms with E-state index in [1.807, 2.05) is 0 Å². The van der Waals surface area contributed by atoms with E-state index in [-0.39, 0.29) is 5.54 Å². The summed E-state index contributed by atoms with van der Waals surface area (Å²) in [6, 6.07) is 0.390. The van der Waals surface area contributed by atoms with Crippen LogP contribution in [0.2, 0.25) is 0 Å². The highest BCUT2D eigenvalue weighted by Gasteiger charge is 2.60. The van der Waals surface area contributed by atoms with Gasteiger partial charge in [-0.25, -0.2) is 0 Å². The molecule has 0 spiro atoms. The van der Waals surface area contributed by atoms with Crippen LogP contribution in [0.25, 0.3) is 0 Å². The van der Waals surface area contributed by atoms with E-state index >= 15 is 0 Å². The van der Waals surface area contributed by atoms with Gasteiger partial charge in [-0.15, -0.1) is 0 Å². The second-order valence-electron chi connectivity index (χ2n) is 5.82. The standard InChI is InChI=1S/C10H16NO.BF4/c1-10-5-7-2-8(6-10)4-9(3-7)11(10)12;2-1(3,4)5/h7-9H,2-6H2,1H3;/q+1;-1/t7-,8+,9?,10?;. The van der Waals surface area contributed by atoms with E-state index < -0.39 is 7.25 Å². The van der Waals surface area contributed by atoms with Crippen molar-refractivity contribution in [3.05, 3.63) is 4.91 Å². The molecule has 4 fully saturated rings. The highest BCUT2D eigenvalue weighted by atomic mass is 19.5. The van der Waals surface area contributed by atoms with Gasteiger partial charge < -0.3 is 17.3 Å². The van der Waals surface area contributed by atoms with Crippen LogP contribution in [0.1, 0.15) is 39.0 Å². The molecule has 4 bridgehead atoms. The van der Waals surface area contributed by atoms with E-state index in [4.69, 9.17) is 0 Å². The molecule has 4 atom stereocenters. The lowest BCUT2D eigenvalue weighted by Crippen LogP contribution is -2.59. The zero-order valence-corrected chi connectivity index (χ0v) is 9.71. The van der Waals surface area contributed by atoms with Gasteiger partial charge >= 0.3 is 7.25 Å². The van der Waals surface area contributed by atoms with Crippen molar-refractivity contribution in [1.82, 2.24) is 0 Å². The highest BCUT2D eigenvalue weighted by Crippen LogP contribution is 2.52. The minimum Gasteiger partial charge on any atom is -0.418 e. The number of nitroso groups, excluding NO2 is 1. The lowest BCUT2D eigenvalue weighted by Gasteiger charge is -2.48.